The summed E-state index contributed by atoms with van der Waals surface area (Å²) in [5.74, 6) is 0.674. The third-order valence-electron chi connectivity index (χ3n) is 9.32. The molecule has 0 unspecified atom stereocenters. The van der Waals surface area contributed by atoms with Crippen molar-refractivity contribution in [2.75, 3.05) is 0 Å². The Morgan fingerprint density at radius 1 is 0.354 bits per heavy atom. The largest absolute Gasteiger partial charge is 0.228 e. The number of hydrogen-bond donors (Lipinski definition) is 0. The van der Waals surface area contributed by atoms with Crippen LogP contribution in [0.15, 0.2) is 164 Å². The van der Waals surface area contributed by atoms with Gasteiger partial charge in [-0.05, 0) is 74.2 Å². The van der Waals surface area contributed by atoms with E-state index >= 15 is 0 Å². The van der Waals surface area contributed by atoms with E-state index in [9.17, 15) is 5.26 Å². The predicted octanol–water partition coefficient (Wildman–Crippen LogP) is 11.5. The maximum atomic E-state index is 9.49. The van der Waals surface area contributed by atoms with Gasteiger partial charge in [-0.15, -0.1) is 0 Å². The molecule has 0 aliphatic heterocycles. The fourth-order valence-electron chi connectivity index (χ4n) is 6.98. The van der Waals surface area contributed by atoms with E-state index in [1.54, 1.807) is 0 Å². The van der Waals surface area contributed by atoms with Crippen LogP contribution in [0.1, 0.15) is 5.56 Å². The molecule has 0 atom stereocenters. The quantitative estimate of drug-likeness (QED) is 0.195. The van der Waals surface area contributed by atoms with E-state index in [1.807, 2.05) is 48.5 Å². The first kappa shape index (κ1) is 27.7. The molecule has 3 heteroatoms. The van der Waals surface area contributed by atoms with Gasteiger partial charge in [-0.1, -0.05) is 140 Å². The summed E-state index contributed by atoms with van der Waals surface area (Å²) >= 11 is 0. The second kappa shape index (κ2) is 11.3. The number of nitriles is 1. The van der Waals surface area contributed by atoms with Crippen LogP contribution in [0.5, 0.6) is 0 Å². The zero-order chi connectivity index (χ0) is 32.0. The molecule has 0 amide bonds. The van der Waals surface area contributed by atoms with Gasteiger partial charge in [-0.25, -0.2) is 9.97 Å². The van der Waals surface area contributed by atoms with Gasteiger partial charge in [0.25, 0.3) is 0 Å². The summed E-state index contributed by atoms with van der Waals surface area (Å²) in [4.78, 5) is 10.5. The van der Waals surface area contributed by atoms with Crippen LogP contribution in [0.4, 0.5) is 0 Å². The first-order valence-electron chi connectivity index (χ1n) is 16.1. The highest BCUT2D eigenvalue weighted by atomic mass is 14.9. The van der Waals surface area contributed by atoms with Gasteiger partial charge in [0.1, 0.15) is 0 Å². The summed E-state index contributed by atoms with van der Waals surface area (Å²) in [6.07, 6.45) is 0. The molecule has 0 fully saturated rings. The second-order valence-electron chi connectivity index (χ2n) is 12.1. The van der Waals surface area contributed by atoms with E-state index in [-0.39, 0.29) is 0 Å². The monoisotopic (exact) mass is 609 g/mol. The number of nitrogens with zero attached hydrogens (tertiary/aromatic N) is 3. The van der Waals surface area contributed by atoms with E-state index in [0.29, 0.717) is 11.4 Å². The average molecular weight is 610 g/mol. The predicted molar refractivity (Wildman–Crippen MR) is 196 cm³/mol. The first-order valence-corrected chi connectivity index (χ1v) is 16.1. The highest BCUT2D eigenvalue weighted by Crippen LogP contribution is 2.51. The summed E-state index contributed by atoms with van der Waals surface area (Å²) in [6.45, 7) is 0. The Bertz CT molecular complexity index is 2500. The van der Waals surface area contributed by atoms with Crippen LogP contribution in [0.3, 0.4) is 0 Å². The molecule has 48 heavy (non-hydrogen) atoms. The van der Waals surface area contributed by atoms with Gasteiger partial charge < -0.3 is 0 Å². The van der Waals surface area contributed by atoms with Gasteiger partial charge >= 0.3 is 0 Å². The lowest BCUT2D eigenvalue weighted by atomic mass is 9.90. The van der Waals surface area contributed by atoms with Crippen LogP contribution < -0.4 is 0 Å². The summed E-state index contributed by atoms with van der Waals surface area (Å²) < 4.78 is 0. The normalized spacial score (nSPS) is 11.3. The number of rotatable bonds is 5. The highest BCUT2D eigenvalue weighted by Gasteiger charge is 2.26. The first-order chi connectivity index (χ1) is 23.7. The summed E-state index contributed by atoms with van der Waals surface area (Å²) in [6, 6.07) is 59.0. The van der Waals surface area contributed by atoms with Crippen molar-refractivity contribution in [2.45, 2.75) is 0 Å². The molecule has 0 N–H and O–H groups in total. The van der Waals surface area contributed by atoms with E-state index in [2.05, 4.69) is 121 Å². The lowest BCUT2D eigenvalue weighted by Gasteiger charge is -2.16. The molecule has 222 valence electrons. The Morgan fingerprint density at radius 3 is 1.40 bits per heavy atom. The minimum absolute atomic E-state index is 0.638. The number of fused-ring (bicyclic) bond motifs is 3. The van der Waals surface area contributed by atoms with Gasteiger partial charge in [0, 0.05) is 22.1 Å². The van der Waals surface area contributed by atoms with Crippen LogP contribution in [0.25, 0.3) is 89.2 Å². The van der Waals surface area contributed by atoms with Crippen LogP contribution in [-0.2, 0) is 0 Å². The SMILES string of the molecule is N#Cc1ccc(-c2ccc3c4c(ccc(-c5nc(-c6ccccc6)cc(-c6ccc(-c7ccccc7)cc6)n5)c24)-c2ccccc2-3)cc1. The van der Waals surface area contributed by atoms with E-state index in [4.69, 9.17) is 9.97 Å². The number of benzene rings is 7. The van der Waals surface area contributed by atoms with Crippen molar-refractivity contribution in [3.05, 3.63) is 169 Å². The molecule has 0 spiro atoms. The summed E-state index contributed by atoms with van der Waals surface area (Å²) in [5.41, 5.74) is 14.8. The molecule has 0 radical (unpaired) electrons. The fourth-order valence-corrected chi connectivity index (χ4v) is 6.98. The van der Waals surface area contributed by atoms with Gasteiger partial charge in [0.15, 0.2) is 5.82 Å². The molecule has 1 aliphatic carbocycles. The van der Waals surface area contributed by atoms with Crippen molar-refractivity contribution < 1.29 is 0 Å². The number of hydrogen-bond acceptors (Lipinski definition) is 3. The Hall–Kier alpha value is -6.63. The Morgan fingerprint density at radius 2 is 0.792 bits per heavy atom. The van der Waals surface area contributed by atoms with E-state index in [0.717, 1.165) is 50.2 Å². The lowest BCUT2D eigenvalue weighted by molar-refractivity contribution is 1.19. The zero-order valence-corrected chi connectivity index (χ0v) is 25.9. The van der Waals surface area contributed by atoms with Crippen molar-refractivity contribution >= 4 is 10.8 Å². The topological polar surface area (TPSA) is 49.6 Å². The number of aromatic nitrogens is 2. The lowest BCUT2D eigenvalue weighted by Crippen LogP contribution is -1.97. The Kier molecular flexibility index (Phi) is 6.52. The van der Waals surface area contributed by atoms with Crippen molar-refractivity contribution in [3.8, 4) is 84.5 Å². The van der Waals surface area contributed by atoms with Crippen molar-refractivity contribution in [1.82, 2.24) is 9.97 Å². The molecule has 0 saturated carbocycles. The standard InChI is InChI=1S/C45H27N3/c46-28-29-15-17-32(18-16-29)35-23-24-38-36-13-7-8-14-37(36)39-25-26-40(43(35)44(38)39)45-47-41(33-11-5-2-6-12-33)27-42(48-45)34-21-19-31(20-22-34)30-9-3-1-4-10-30/h1-27H. The van der Waals surface area contributed by atoms with Gasteiger partial charge in [0.05, 0.1) is 23.0 Å². The van der Waals surface area contributed by atoms with Crippen molar-refractivity contribution in [1.29, 1.82) is 5.26 Å². The molecule has 0 bridgehead atoms. The summed E-state index contributed by atoms with van der Waals surface area (Å²) in [5, 5.41) is 11.8. The van der Waals surface area contributed by atoms with Gasteiger partial charge in [0.2, 0.25) is 0 Å². The molecular formula is C45H27N3. The minimum atomic E-state index is 0.638. The molecule has 0 saturated heterocycles. The molecule has 1 aliphatic rings. The third-order valence-corrected chi connectivity index (χ3v) is 9.32. The maximum Gasteiger partial charge on any atom is 0.161 e. The van der Waals surface area contributed by atoms with Gasteiger partial charge in [-0.2, -0.15) is 5.26 Å². The summed E-state index contributed by atoms with van der Waals surface area (Å²) in [7, 11) is 0. The van der Waals surface area contributed by atoms with E-state index in [1.165, 1.54) is 33.2 Å². The zero-order valence-electron chi connectivity index (χ0n) is 25.9. The maximum absolute atomic E-state index is 9.49. The molecule has 1 aromatic heterocycles. The Balaban J connectivity index is 1.30. The molecule has 7 aromatic carbocycles. The molecule has 1 heterocycles. The molecule has 8 aromatic rings. The second-order valence-corrected chi connectivity index (χ2v) is 12.1. The Labute approximate surface area is 279 Å². The highest BCUT2D eigenvalue weighted by molar-refractivity contribution is 6.22. The van der Waals surface area contributed by atoms with Crippen molar-refractivity contribution in [2.24, 2.45) is 0 Å². The van der Waals surface area contributed by atoms with Crippen LogP contribution in [0, 0.1) is 11.3 Å². The van der Waals surface area contributed by atoms with Gasteiger partial charge in [-0.3, -0.25) is 0 Å². The molecule has 3 nitrogen and oxygen atoms in total. The van der Waals surface area contributed by atoms with Crippen LogP contribution in [-0.4, -0.2) is 9.97 Å². The van der Waals surface area contributed by atoms with Crippen molar-refractivity contribution in [3.63, 3.8) is 0 Å². The molecule has 9 rings (SSSR count). The van der Waals surface area contributed by atoms with Crippen LogP contribution >= 0.6 is 0 Å². The van der Waals surface area contributed by atoms with E-state index < -0.39 is 0 Å². The molecular weight excluding hydrogens is 583 g/mol. The van der Waals surface area contributed by atoms with Crippen LogP contribution in [0.2, 0.25) is 0 Å². The average Bonchev–Trinajstić information content (AvgIpc) is 3.50. The minimum Gasteiger partial charge on any atom is -0.228 e. The fraction of sp³-hybridized carbons (Fsp3) is 0. The smallest absolute Gasteiger partial charge is 0.161 e. The third kappa shape index (κ3) is 4.59.